The predicted molar refractivity (Wildman–Crippen MR) is 77.8 cm³/mol. The standard InChI is InChI=1S/C13H20N6/c1-9(14)7-16-12-6-13(18-10(2)17-12)19(3)11-4-5-15-8-11/h4-6,8-9,15H,7,14H2,1-3H3,(H,16,17,18). The number of aromatic amines is 1. The zero-order valence-electron chi connectivity index (χ0n) is 11.5. The molecule has 0 bridgehead atoms. The molecule has 19 heavy (non-hydrogen) atoms. The van der Waals surface area contributed by atoms with Crippen LogP contribution in [0.3, 0.4) is 0 Å². The molecule has 2 rings (SSSR count). The molecular formula is C13H20N6. The molecule has 2 aromatic rings. The maximum Gasteiger partial charge on any atom is 0.138 e. The van der Waals surface area contributed by atoms with E-state index in [4.69, 9.17) is 5.73 Å². The van der Waals surface area contributed by atoms with Gasteiger partial charge in [-0.1, -0.05) is 0 Å². The average molecular weight is 260 g/mol. The summed E-state index contributed by atoms with van der Waals surface area (Å²) in [5, 5.41) is 3.21. The zero-order valence-corrected chi connectivity index (χ0v) is 11.5. The van der Waals surface area contributed by atoms with Crippen LogP contribution in [0.15, 0.2) is 24.5 Å². The van der Waals surface area contributed by atoms with E-state index in [1.807, 2.05) is 50.3 Å². The fourth-order valence-corrected chi connectivity index (χ4v) is 1.74. The molecule has 6 nitrogen and oxygen atoms in total. The van der Waals surface area contributed by atoms with Crippen LogP contribution in [0, 0.1) is 6.92 Å². The Morgan fingerprint density at radius 3 is 2.89 bits per heavy atom. The number of hydrogen-bond donors (Lipinski definition) is 3. The van der Waals surface area contributed by atoms with E-state index in [1.54, 1.807) is 0 Å². The second-order valence-electron chi connectivity index (χ2n) is 4.65. The summed E-state index contributed by atoms with van der Waals surface area (Å²) < 4.78 is 0. The summed E-state index contributed by atoms with van der Waals surface area (Å²) >= 11 is 0. The van der Waals surface area contributed by atoms with E-state index in [0.29, 0.717) is 6.54 Å². The van der Waals surface area contributed by atoms with Crippen LogP contribution in [0.1, 0.15) is 12.7 Å². The van der Waals surface area contributed by atoms with Crippen LogP contribution in [-0.2, 0) is 0 Å². The molecule has 0 saturated heterocycles. The molecule has 4 N–H and O–H groups in total. The molecule has 0 aliphatic rings. The van der Waals surface area contributed by atoms with Gasteiger partial charge < -0.3 is 20.9 Å². The van der Waals surface area contributed by atoms with Gasteiger partial charge in [-0.3, -0.25) is 0 Å². The first-order valence-corrected chi connectivity index (χ1v) is 6.28. The molecule has 6 heteroatoms. The van der Waals surface area contributed by atoms with E-state index >= 15 is 0 Å². The van der Waals surface area contributed by atoms with Gasteiger partial charge in [-0.2, -0.15) is 0 Å². The lowest BCUT2D eigenvalue weighted by molar-refractivity contribution is 0.776. The first kappa shape index (κ1) is 13.4. The van der Waals surface area contributed by atoms with Gasteiger partial charge in [0.2, 0.25) is 0 Å². The van der Waals surface area contributed by atoms with Crippen molar-refractivity contribution in [3.63, 3.8) is 0 Å². The molecule has 2 aromatic heterocycles. The molecule has 0 radical (unpaired) electrons. The van der Waals surface area contributed by atoms with Gasteiger partial charge in [0.25, 0.3) is 0 Å². The fraction of sp³-hybridized carbons (Fsp3) is 0.385. The van der Waals surface area contributed by atoms with Crippen LogP contribution >= 0.6 is 0 Å². The highest BCUT2D eigenvalue weighted by atomic mass is 15.2. The molecule has 2 heterocycles. The molecule has 1 unspecified atom stereocenters. The maximum absolute atomic E-state index is 5.73. The number of nitrogens with zero attached hydrogens (tertiary/aromatic N) is 3. The molecule has 0 aliphatic carbocycles. The molecule has 0 spiro atoms. The summed E-state index contributed by atoms with van der Waals surface area (Å²) in [6, 6.07) is 4.00. The third-order valence-electron chi connectivity index (χ3n) is 2.74. The molecule has 1 atom stereocenters. The SMILES string of the molecule is Cc1nc(NCC(C)N)cc(N(C)c2cc[nH]c2)n1. The van der Waals surface area contributed by atoms with Gasteiger partial charge in [-0.05, 0) is 19.9 Å². The molecule has 0 fully saturated rings. The highest BCUT2D eigenvalue weighted by Crippen LogP contribution is 2.22. The van der Waals surface area contributed by atoms with Gasteiger partial charge in [-0.25, -0.2) is 9.97 Å². The molecular weight excluding hydrogens is 240 g/mol. The summed E-state index contributed by atoms with van der Waals surface area (Å²) in [5.74, 6) is 2.37. The van der Waals surface area contributed by atoms with Crippen molar-refractivity contribution in [1.29, 1.82) is 0 Å². The largest absolute Gasteiger partial charge is 0.368 e. The van der Waals surface area contributed by atoms with Gasteiger partial charge in [0.1, 0.15) is 17.5 Å². The van der Waals surface area contributed by atoms with Crippen molar-refractivity contribution >= 4 is 17.3 Å². The van der Waals surface area contributed by atoms with Crippen molar-refractivity contribution < 1.29 is 0 Å². The number of nitrogens with one attached hydrogen (secondary N) is 2. The van der Waals surface area contributed by atoms with Crippen LogP contribution in [0.25, 0.3) is 0 Å². The van der Waals surface area contributed by atoms with Gasteiger partial charge in [0.05, 0.1) is 5.69 Å². The van der Waals surface area contributed by atoms with Crippen molar-refractivity contribution in [2.45, 2.75) is 19.9 Å². The van der Waals surface area contributed by atoms with E-state index in [2.05, 4.69) is 20.3 Å². The first-order valence-electron chi connectivity index (χ1n) is 6.28. The second-order valence-corrected chi connectivity index (χ2v) is 4.65. The zero-order chi connectivity index (χ0) is 13.8. The average Bonchev–Trinajstić information content (AvgIpc) is 2.88. The lowest BCUT2D eigenvalue weighted by Crippen LogP contribution is -2.25. The minimum absolute atomic E-state index is 0.0844. The summed E-state index contributed by atoms with van der Waals surface area (Å²) in [7, 11) is 1.97. The Labute approximate surface area is 113 Å². The van der Waals surface area contributed by atoms with Gasteiger partial charge in [0, 0.05) is 38.1 Å². The number of aromatic nitrogens is 3. The van der Waals surface area contributed by atoms with Crippen molar-refractivity contribution in [1.82, 2.24) is 15.0 Å². The van der Waals surface area contributed by atoms with E-state index in [-0.39, 0.29) is 6.04 Å². The lowest BCUT2D eigenvalue weighted by Gasteiger charge is -2.18. The monoisotopic (exact) mass is 260 g/mol. The number of H-pyrrole nitrogens is 1. The Bertz CT molecular complexity index is 520. The van der Waals surface area contributed by atoms with Crippen LogP contribution in [-0.4, -0.2) is 34.6 Å². The smallest absolute Gasteiger partial charge is 0.138 e. The van der Waals surface area contributed by atoms with E-state index in [1.165, 1.54) is 0 Å². The summed E-state index contributed by atoms with van der Waals surface area (Å²) in [6.07, 6.45) is 3.81. The normalized spacial score (nSPS) is 12.2. The van der Waals surface area contributed by atoms with Crippen LogP contribution in [0.5, 0.6) is 0 Å². The van der Waals surface area contributed by atoms with Gasteiger partial charge in [-0.15, -0.1) is 0 Å². The Kier molecular flexibility index (Phi) is 4.01. The molecule has 0 aliphatic heterocycles. The lowest BCUT2D eigenvalue weighted by atomic mass is 10.3. The van der Waals surface area contributed by atoms with Gasteiger partial charge in [0.15, 0.2) is 0 Å². The quantitative estimate of drug-likeness (QED) is 0.761. The highest BCUT2D eigenvalue weighted by molar-refractivity contribution is 5.61. The summed E-state index contributed by atoms with van der Waals surface area (Å²) in [6.45, 7) is 4.52. The van der Waals surface area contributed by atoms with Gasteiger partial charge >= 0.3 is 0 Å². The molecule has 0 saturated carbocycles. The number of nitrogens with two attached hydrogens (primary N) is 1. The third kappa shape index (κ3) is 3.45. The first-order chi connectivity index (χ1) is 9.06. The van der Waals surface area contributed by atoms with E-state index in [9.17, 15) is 0 Å². The number of aryl methyl sites for hydroxylation is 1. The maximum atomic E-state index is 5.73. The second kappa shape index (κ2) is 5.71. The Morgan fingerprint density at radius 2 is 2.26 bits per heavy atom. The van der Waals surface area contributed by atoms with Crippen LogP contribution < -0.4 is 16.0 Å². The Balaban J connectivity index is 2.21. The predicted octanol–water partition coefficient (Wildman–Crippen LogP) is 1.64. The van der Waals surface area contributed by atoms with E-state index in [0.717, 1.165) is 23.1 Å². The summed E-state index contributed by atoms with van der Waals surface area (Å²) in [5.41, 5.74) is 6.78. The fourth-order valence-electron chi connectivity index (χ4n) is 1.74. The minimum atomic E-state index is 0.0844. The number of rotatable bonds is 5. The highest BCUT2D eigenvalue weighted by Gasteiger charge is 2.09. The van der Waals surface area contributed by atoms with Crippen LogP contribution in [0.2, 0.25) is 0 Å². The minimum Gasteiger partial charge on any atom is -0.368 e. The van der Waals surface area contributed by atoms with Crippen molar-refractivity contribution in [3.05, 3.63) is 30.4 Å². The molecule has 102 valence electrons. The topological polar surface area (TPSA) is 82.9 Å². The third-order valence-corrected chi connectivity index (χ3v) is 2.74. The van der Waals surface area contributed by atoms with Crippen molar-refractivity contribution in [3.8, 4) is 0 Å². The molecule has 0 amide bonds. The van der Waals surface area contributed by atoms with Crippen LogP contribution in [0.4, 0.5) is 17.3 Å². The number of anilines is 3. The molecule has 0 aromatic carbocycles. The van der Waals surface area contributed by atoms with E-state index < -0.39 is 0 Å². The van der Waals surface area contributed by atoms with Crippen molar-refractivity contribution in [2.24, 2.45) is 5.73 Å². The number of hydrogen-bond acceptors (Lipinski definition) is 5. The Hall–Kier alpha value is -2.08. The van der Waals surface area contributed by atoms with Crippen molar-refractivity contribution in [2.75, 3.05) is 23.8 Å². The summed E-state index contributed by atoms with van der Waals surface area (Å²) in [4.78, 5) is 13.8. The Morgan fingerprint density at radius 1 is 1.47 bits per heavy atom.